The standard InChI is InChI=1S/C21H34N4O3.HI/c1-26-19-5-3-18(4-6-19)21(7-13-27-14-8-21)17-24-20(22)23-9-2-10-25-11-15-28-16-12-25;/h3-6H,2,7-17H2,1H3,(H3,22,23,24);1H. The molecule has 2 fully saturated rings. The lowest BCUT2D eigenvalue weighted by molar-refractivity contribution is 0.0376. The van der Waals surface area contributed by atoms with Crippen molar-refractivity contribution in [1.82, 2.24) is 10.2 Å². The van der Waals surface area contributed by atoms with E-state index in [2.05, 4.69) is 27.3 Å². The fourth-order valence-corrected chi connectivity index (χ4v) is 3.88. The van der Waals surface area contributed by atoms with Crippen molar-refractivity contribution in [3.8, 4) is 5.75 Å². The summed E-state index contributed by atoms with van der Waals surface area (Å²) < 4.78 is 16.3. The molecular weight excluding hydrogens is 483 g/mol. The lowest BCUT2D eigenvalue weighted by Gasteiger charge is -2.36. The minimum absolute atomic E-state index is 0. The van der Waals surface area contributed by atoms with Crippen molar-refractivity contribution in [1.29, 1.82) is 0 Å². The Bertz CT molecular complexity index is 615. The Kier molecular flexibility index (Phi) is 10.5. The van der Waals surface area contributed by atoms with Gasteiger partial charge in [-0.3, -0.25) is 9.89 Å². The Balaban J connectivity index is 0.00000300. The molecule has 8 heteroatoms. The van der Waals surface area contributed by atoms with Gasteiger partial charge in [-0.15, -0.1) is 24.0 Å². The molecule has 3 N–H and O–H groups in total. The third-order valence-corrected chi connectivity index (χ3v) is 5.77. The summed E-state index contributed by atoms with van der Waals surface area (Å²) >= 11 is 0. The van der Waals surface area contributed by atoms with Crippen LogP contribution < -0.4 is 15.8 Å². The van der Waals surface area contributed by atoms with Crippen LogP contribution in [0.4, 0.5) is 0 Å². The first-order valence-corrected chi connectivity index (χ1v) is 10.3. The van der Waals surface area contributed by atoms with E-state index in [4.69, 9.17) is 19.9 Å². The average molecular weight is 518 g/mol. The normalized spacial score (nSPS) is 20.0. The first-order valence-electron chi connectivity index (χ1n) is 10.3. The highest BCUT2D eigenvalue weighted by Crippen LogP contribution is 2.36. The van der Waals surface area contributed by atoms with Crippen LogP contribution in [-0.2, 0) is 14.9 Å². The van der Waals surface area contributed by atoms with Crippen LogP contribution in [0.3, 0.4) is 0 Å². The minimum atomic E-state index is -0.0232. The molecule has 2 aliphatic rings. The number of hydrogen-bond acceptors (Lipinski definition) is 5. The van der Waals surface area contributed by atoms with Gasteiger partial charge in [0.15, 0.2) is 5.96 Å². The van der Waals surface area contributed by atoms with Crippen LogP contribution in [0.2, 0.25) is 0 Å². The van der Waals surface area contributed by atoms with E-state index in [1.165, 1.54) is 5.56 Å². The number of morpholine rings is 1. The van der Waals surface area contributed by atoms with Crippen molar-refractivity contribution in [2.24, 2.45) is 10.7 Å². The van der Waals surface area contributed by atoms with Gasteiger partial charge in [-0.05, 0) is 43.5 Å². The zero-order chi connectivity index (χ0) is 19.7. The molecule has 2 saturated heterocycles. The van der Waals surface area contributed by atoms with E-state index in [1.54, 1.807) is 7.11 Å². The quantitative estimate of drug-likeness (QED) is 0.237. The third-order valence-electron chi connectivity index (χ3n) is 5.77. The van der Waals surface area contributed by atoms with Crippen LogP contribution in [0.5, 0.6) is 5.75 Å². The molecule has 1 aromatic rings. The smallest absolute Gasteiger partial charge is 0.188 e. The highest BCUT2D eigenvalue weighted by atomic mass is 127. The van der Waals surface area contributed by atoms with Crippen LogP contribution in [0.25, 0.3) is 0 Å². The number of ether oxygens (including phenoxy) is 3. The Labute approximate surface area is 191 Å². The number of aliphatic imine (C=N–C) groups is 1. The van der Waals surface area contributed by atoms with Crippen LogP contribution in [0.1, 0.15) is 24.8 Å². The van der Waals surface area contributed by atoms with Gasteiger partial charge in [0.05, 0.1) is 26.9 Å². The molecule has 0 atom stereocenters. The molecule has 0 amide bonds. The molecule has 1 aromatic carbocycles. The summed E-state index contributed by atoms with van der Waals surface area (Å²) in [5.41, 5.74) is 7.40. The van der Waals surface area contributed by atoms with E-state index in [9.17, 15) is 0 Å². The molecule has 0 bridgehead atoms. The molecule has 0 saturated carbocycles. The Hall–Kier alpha value is -1.10. The van der Waals surface area contributed by atoms with E-state index >= 15 is 0 Å². The molecule has 0 spiro atoms. The molecule has 3 rings (SSSR count). The number of nitrogens with one attached hydrogen (secondary N) is 1. The maximum absolute atomic E-state index is 6.15. The average Bonchev–Trinajstić information content (AvgIpc) is 2.77. The molecule has 0 radical (unpaired) electrons. The van der Waals surface area contributed by atoms with Crippen LogP contribution >= 0.6 is 24.0 Å². The molecule has 2 heterocycles. The molecule has 2 aliphatic heterocycles. The SMILES string of the molecule is COc1ccc(C2(CN=C(N)NCCCN3CCOCC3)CCOCC2)cc1.I. The van der Waals surface area contributed by atoms with Gasteiger partial charge < -0.3 is 25.3 Å². The molecule has 29 heavy (non-hydrogen) atoms. The van der Waals surface area contributed by atoms with Gasteiger partial charge in [-0.2, -0.15) is 0 Å². The zero-order valence-corrected chi connectivity index (χ0v) is 19.7. The maximum Gasteiger partial charge on any atom is 0.188 e. The third kappa shape index (κ3) is 7.27. The number of nitrogens with zero attached hydrogens (tertiary/aromatic N) is 2. The number of guanidine groups is 1. The number of nitrogens with two attached hydrogens (primary N) is 1. The van der Waals surface area contributed by atoms with Crippen molar-refractivity contribution >= 4 is 29.9 Å². The van der Waals surface area contributed by atoms with Gasteiger partial charge >= 0.3 is 0 Å². The molecule has 7 nitrogen and oxygen atoms in total. The van der Waals surface area contributed by atoms with Crippen molar-refractivity contribution in [3.05, 3.63) is 29.8 Å². The Morgan fingerprint density at radius 1 is 1.14 bits per heavy atom. The Morgan fingerprint density at radius 3 is 2.45 bits per heavy atom. The summed E-state index contributed by atoms with van der Waals surface area (Å²) in [5, 5.41) is 3.27. The molecule has 0 aliphatic carbocycles. The van der Waals surface area contributed by atoms with E-state index in [0.717, 1.165) is 77.6 Å². The molecular formula is C21H35IN4O3. The van der Waals surface area contributed by atoms with E-state index in [1.807, 2.05) is 12.1 Å². The highest BCUT2D eigenvalue weighted by Gasteiger charge is 2.34. The van der Waals surface area contributed by atoms with Crippen molar-refractivity contribution < 1.29 is 14.2 Å². The van der Waals surface area contributed by atoms with Crippen molar-refractivity contribution in [3.63, 3.8) is 0 Å². The second-order valence-electron chi connectivity index (χ2n) is 7.56. The first kappa shape index (κ1) is 24.2. The summed E-state index contributed by atoms with van der Waals surface area (Å²) in [7, 11) is 1.69. The minimum Gasteiger partial charge on any atom is -0.497 e. The largest absolute Gasteiger partial charge is 0.497 e. The van der Waals surface area contributed by atoms with Gasteiger partial charge in [-0.1, -0.05) is 12.1 Å². The molecule has 0 unspecified atom stereocenters. The summed E-state index contributed by atoms with van der Waals surface area (Å²) in [4.78, 5) is 7.12. The number of halogens is 1. The van der Waals surface area contributed by atoms with Gasteiger partial charge in [0.1, 0.15) is 5.75 Å². The first-order chi connectivity index (χ1) is 13.7. The molecule has 0 aromatic heterocycles. The van der Waals surface area contributed by atoms with E-state index < -0.39 is 0 Å². The number of methoxy groups -OCH3 is 1. The van der Waals surface area contributed by atoms with E-state index in [-0.39, 0.29) is 29.4 Å². The summed E-state index contributed by atoms with van der Waals surface area (Å²) in [6.07, 6.45) is 2.95. The summed E-state index contributed by atoms with van der Waals surface area (Å²) in [6.45, 7) is 7.82. The highest BCUT2D eigenvalue weighted by molar-refractivity contribution is 14.0. The van der Waals surface area contributed by atoms with E-state index in [0.29, 0.717) is 12.5 Å². The number of hydrogen-bond donors (Lipinski definition) is 2. The van der Waals surface area contributed by atoms with Crippen molar-refractivity contribution in [2.75, 3.05) is 66.3 Å². The fraction of sp³-hybridized carbons (Fsp3) is 0.667. The van der Waals surface area contributed by atoms with Gasteiger partial charge in [0.25, 0.3) is 0 Å². The predicted molar refractivity (Wildman–Crippen MR) is 127 cm³/mol. The number of benzene rings is 1. The second-order valence-corrected chi connectivity index (χ2v) is 7.56. The maximum atomic E-state index is 6.15. The fourth-order valence-electron chi connectivity index (χ4n) is 3.88. The van der Waals surface area contributed by atoms with Crippen molar-refractivity contribution in [2.45, 2.75) is 24.7 Å². The van der Waals surface area contributed by atoms with Gasteiger partial charge in [0.2, 0.25) is 0 Å². The van der Waals surface area contributed by atoms with Gasteiger partial charge in [0, 0.05) is 38.3 Å². The lowest BCUT2D eigenvalue weighted by atomic mass is 9.74. The van der Waals surface area contributed by atoms with Gasteiger partial charge in [-0.25, -0.2) is 0 Å². The second kappa shape index (κ2) is 12.6. The molecule has 164 valence electrons. The van der Waals surface area contributed by atoms with Crippen LogP contribution in [-0.4, -0.2) is 77.1 Å². The lowest BCUT2D eigenvalue weighted by Crippen LogP contribution is -2.40. The van der Waals surface area contributed by atoms with Crippen LogP contribution in [0, 0.1) is 0 Å². The Morgan fingerprint density at radius 2 is 1.79 bits per heavy atom. The zero-order valence-electron chi connectivity index (χ0n) is 17.4. The monoisotopic (exact) mass is 518 g/mol. The summed E-state index contributed by atoms with van der Waals surface area (Å²) in [5.74, 6) is 1.40. The van der Waals surface area contributed by atoms with Crippen LogP contribution in [0.15, 0.2) is 29.3 Å². The topological polar surface area (TPSA) is 81.3 Å². The summed E-state index contributed by atoms with van der Waals surface area (Å²) in [6, 6.07) is 8.32. The predicted octanol–water partition coefficient (Wildman–Crippen LogP) is 1.99. The number of rotatable bonds is 8.